The Morgan fingerprint density at radius 2 is 1.58 bits per heavy atom. The van der Waals surface area contributed by atoms with Gasteiger partial charge in [0.15, 0.2) is 0 Å². The van der Waals surface area contributed by atoms with Crippen molar-refractivity contribution in [3.05, 3.63) is 54.6 Å². The summed E-state index contributed by atoms with van der Waals surface area (Å²) in [4.78, 5) is 27.3. The number of carbonyl (C=O) groups is 2. The van der Waals surface area contributed by atoms with Gasteiger partial charge in [-0.05, 0) is 66.6 Å². The monoisotopic (exact) mass is 414 g/mol. The zero-order valence-electron chi connectivity index (χ0n) is 18.1. The van der Waals surface area contributed by atoms with Crippen LogP contribution >= 0.6 is 0 Å². The molecule has 0 saturated carbocycles. The maximum Gasteiger partial charge on any atom is 0.410 e. The van der Waals surface area contributed by atoms with E-state index in [0.29, 0.717) is 13.0 Å². The fraction of sp³-hybridized carbons (Fsp3) is 0.308. The van der Waals surface area contributed by atoms with Gasteiger partial charge in [0, 0.05) is 17.6 Å². The second kappa shape index (κ2) is 7.12. The molecule has 0 aromatic heterocycles. The van der Waals surface area contributed by atoms with Gasteiger partial charge in [0.1, 0.15) is 11.6 Å². The minimum atomic E-state index is -0.591. The van der Waals surface area contributed by atoms with E-state index in [-0.39, 0.29) is 5.91 Å². The number of ether oxygens (including phenoxy) is 1. The van der Waals surface area contributed by atoms with Crippen LogP contribution in [-0.4, -0.2) is 35.1 Å². The predicted molar refractivity (Wildman–Crippen MR) is 125 cm³/mol. The maximum atomic E-state index is 13.2. The highest BCUT2D eigenvalue weighted by Crippen LogP contribution is 2.37. The largest absolute Gasteiger partial charge is 0.444 e. The van der Waals surface area contributed by atoms with Crippen molar-refractivity contribution in [2.45, 2.75) is 45.3 Å². The molecule has 1 aliphatic rings. The Balaban J connectivity index is 1.49. The summed E-state index contributed by atoms with van der Waals surface area (Å²) in [5.41, 5.74) is 0.180. The standard InChI is InChI=1S/C26H26N2O3/c1-26(2,3)31-25(30)28-15-5-8-21(28)24(29)27-20-14-12-18-10-9-16-6-4-7-17-11-13-19(20)23(18)22(16)17/h4,6-7,9-14,21H,5,8,15H2,1-3H3,(H,27,29)/t21-/m0/s1. The van der Waals surface area contributed by atoms with Crippen molar-refractivity contribution in [3.63, 3.8) is 0 Å². The van der Waals surface area contributed by atoms with Crippen LogP contribution in [0.5, 0.6) is 0 Å². The van der Waals surface area contributed by atoms with Crippen molar-refractivity contribution in [2.75, 3.05) is 11.9 Å². The van der Waals surface area contributed by atoms with Crippen LogP contribution < -0.4 is 5.32 Å². The summed E-state index contributed by atoms with van der Waals surface area (Å²) in [5.74, 6) is -0.168. The van der Waals surface area contributed by atoms with Crippen molar-refractivity contribution in [3.8, 4) is 0 Å². The van der Waals surface area contributed by atoms with Crippen molar-refractivity contribution in [1.82, 2.24) is 4.90 Å². The molecule has 4 aromatic rings. The van der Waals surface area contributed by atoms with Gasteiger partial charge in [0.25, 0.3) is 0 Å². The number of likely N-dealkylation sites (tertiary alicyclic amines) is 1. The zero-order valence-corrected chi connectivity index (χ0v) is 18.1. The van der Waals surface area contributed by atoms with E-state index in [4.69, 9.17) is 4.74 Å². The summed E-state index contributed by atoms with van der Waals surface area (Å²) in [6.45, 7) is 6.04. The molecule has 0 unspecified atom stereocenters. The first-order chi connectivity index (χ1) is 14.8. The summed E-state index contributed by atoms with van der Waals surface area (Å²) in [6, 6.07) is 18.2. The summed E-state index contributed by atoms with van der Waals surface area (Å²) in [7, 11) is 0. The maximum absolute atomic E-state index is 13.2. The minimum absolute atomic E-state index is 0.168. The third kappa shape index (κ3) is 3.44. The molecule has 1 atom stereocenters. The lowest BCUT2D eigenvalue weighted by Gasteiger charge is -2.28. The van der Waals surface area contributed by atoms with Gasteiger partial charge in [0.2, 0.25) is 5.91 Å². The third-order valence-electron chi connectivity index (χ3n) is 5.97. The molecule has 4 aromatic carbocycles. The average Bonchev–Trinajstić information content (AvgIpc) is 3.22. The van der Waals surface area contributed by atoms with E-state index in [1.54, 1.807) is 4.90 Å². The van der Waals surface area contributed by atoms with E-state index >= 15 is 0 Å². The first-order valence-electron chi connectivity index (χ1n) is 10.8. The number of amides is 2. The van der Waals surface area contributed by atoms with Crippen molar-refractivity contribution in [1.29, 1.82) is 0 Å². The lowest BCUT2D eigenvalue weighted by atomic mass is 9.93. The SMILES string of the molecule is CC(C)(C)OC(=O)N1CCC[C@H]1C(=O)Nc1ccc2ccc3cccc4ccc1c2c34. The third-order valence-corrected chi connectivity index (χ3v) is 5.97. The molecule has 0 radical (unpaired) electrons. The van der Waals surface area contributed by atoms with Gasteiger partial charge in [0.05, 0.1) is 0 Å². The van der Waals surface area contributed by atoms with Crippen LogP contribution in [-0.2, 0) is 9.53 Å². The first kappa shape index (κ1) is 19.6. The lowest BCUT2D eigenvalue weighted by Crippen LogP contribution is -2.45. The van der Waals surface area contributed by atoms with E-state index in [1.165, 1.54) is 16.2 Å². The molecule has 31 heavy (non-hydrogen) atoms. The van der Waals surface area contributed by atoms with Crippen molar-refractivity contribution >= 4 is 50.0 Å². The molecule has 0 bridgehead atoms. The van der Waals surface area contributed by atoms with Gasteiger partial charge in [-0.2, -0.15) is 0 Å². The number of nitrogens with one attached hydrogen (secondary N) is 1. The van der Waals surface area contributed by atoms with Crippen LogP contribution in [0.1, 0.15) is 33.6 Å². The molecule has 1 heterocycles. The van der Waals surface area contributed by atoms with Gasteiger partial charge in [-0.3, -0.25) is 9.69 Å². The van der Waals surface area contributed by atoms with Crippen molar-refractivity contribution < 1.29 is 14.3 Å². The van der Waals surface area contributed by atoms with Crippen LogP contribution in [0.15, 0.2) is 54.6 Å². The number of anilines is 1. The smallest absolute Gasteiger partial charge is 0.410 e. The Kier molecular flexibility index (Phi) is 4.50. The minimum Gasteiger partial charge on any atom is -0.444 e. The van der Waals surface area contributed by atoms with E-state index < -0.39 is 17.7 Å². The molecule has 5 rings (SSSR count). The van der Waals surface area contributed by atoms with Gasteiger partial charge in [-0.15, -0.1) is 0 Å². The number of nitrogens with zero attached hydrogens (tertiary/aromatic N) is 1. The highest BCUT2D eigenvalue weighted by molar-refractivity contribution is 6.26. The highest BCUT2D eigenvalue weighted by Gasteiger charge is 2.36. The molecular weight excluding hydrogens is 388 g/mol. The molecule has 1 aliphatic heterocycles. The van der Waals surface area contributed by atoms with E-state index in [9.17, 15) is 9.59 Å². The van der Waals surface area contributed by atoms with Gasteiger partial charge in [-0.1, -0.05) is 48.5 Å². The van der Waals surface area contributed by atoms with Crippen LogP contribution in [0.2, 0.25) is 0 Å². The Morgan fingerprint density at radius 3 is 2.29 bits per heavy atom. The van der Waals surface area contributed by atoms with Crippen LogP contribution in [0, 0.1) is 0 Å². The second-order valence-corrected chi connectivity index (χ2v) is 9.29. The van der Waals surface area contributed by atoms with Gasteiger partial charge < -0.3 is 10.1 Å². The Labute approximate surface area is 181 Å². The molecule has 5 nitrogen and oxygen atoms in total. The van der Waals surface area contributed by atoms with Crippen LogP contribution in [0.4, 0.5) is 10.5 Å². The molecule has 1 N–H and O–H groups in total. The number of hydrogen-bond donors (Lipinski definition) is 1. The van der Waals surface area contributed by atoms with Crippen LogP contribution in [0.3, 0.4) is 0 Å². The molecule has 158 valence electrons. The summed E-state index contributed by atoms with van der Waals surface area (Å²) in [5, 5.41) is 10.00. The lowest BCUT2D eigenvalue weighted by molar-refractivity contribution is -0.120. The molecular formula is C26H26N2O3. The molecule has 1 saturated heterocycles. The summed E-state index contributed by atoms with van der Waals surface area (Å²) in [6.07, 6.45) is 0.993. The second-order valence-electron chi connectivity index (χ2n) is 9.29. The summed E-state index contributed by atoms with van der Waals surface area (Å²) < 4.78 is 5.51. The Morgan fingerprint density at radius 1 is 0.935 bits per heavy atom. The quantitative estimate of drug-likeness (QED) is 0.414. The number of benzene rings is 4. The topological polar surface area (TPSA) is 58.6 Å². The van der Waals surface area contributed by atoms with Crippen LogP contribution in [0.25, 0.3) is 32.3 Å². The van der Waals surface area contributed by atoms with Gasteiger partial charge in [-0.25, -0.2) is 4.79 Å². The summed E-state index contributed by atoms with van der Waals surface area (Å²) >= 11 is 0. The molecule has 0 spiro atoms. The van der Waals surface area contributed by atoms with E-state index in [0.717, 1.165) is 28.3 Å². The van der Waals surface area contributed by atoms with E-state index in [1.807, 2.05) is 32.9 Å². The van der Waals surface area contributed by atoms with Gasteiger partial charge >= 0.3 is 6.09 Å². The molecule has 0 aliphatic carbocycles. The predicted octanol–water partition coefficient (Wildman–Crippen LogP) is 5.92. The fourth-order valence-corrected chi connectivity index (χ4v) is 4.64. The normalized spacial score (nSPS) is 17.0. The number of rotatable bonds is 2. The zero-order chi connectivity index (χ0) is 21.8. The molecule has 5 heteroatoms. The number of carbonyl (C=O) groups excluding carboxylic acids is 2. The Bertz CT molecular complexity index is 1290. The first-order valence-corrected chi connectivity index (χ1v) is 10.8. The van der Waals surface area contributed by atoms with E-state index in [2.05, 4.69) is 47.8 Å². The highest BCUT2D eigenvalue weighted by atomic mass is 16.6. The molecule has 1 fully saturated rings. The van der Waals surface area contributed by atoms with Crippen molar-refractivity contribution in [2.24, 2.45) is 0 Å². The number of hydrogen-bond acceptors (Lipinski definition) is 3. The average molecular weight is 415 g/mol. The fourth-order valence-electron chi connectivity index (χ4n) is 4.64. The molecule has 2 amide bonds. The Hall–Kier alpha value is -3.34.